The highest BCUT2D eigenvalue weighted by atomic mass is 16.6. The lowest BCUT2D eigenvalue weighted by Crippen LogP contribution is -2.34. The molecule has 0 aliphatic rings. The van der Waals surface area contributed by atoms with Gasteiger partial charge in [0.2, 0.25) is 5.91 Å². The first-order chi connectivity index (χ1) is 9.35. The van der Waals surface area contributed by atoms with Crippen molar-refractivity contribution in [3.05, 3.63) is 33.9 Å². The van der Waals surface area contributed by atoms with Gasteiger partial charge in [-0.1, -0.05) is 13.0 Å². The van der Waals surface area contributed by atoms with Crippen molar-refractivity contribution in [3.8, 4) is 0 Å². The van der Waals surface area contributed by atoms with Gasteiger partial charge in [0.25, 0.3) is 5.69 Å². The minimum absolute atomic E-state index is 0.0277. The van der Waals surface area contributed by atoms with Gasteiger partial charge in [0.05, 0.1) is 4.92 Å². The fourth-order valence-corrected chi connectivity index (χ4v) is 2.02. The lowest BCUT2D eigenvalue weighted by molar-refractivity contribution is -0.384. The molecule has 3 N–H and O–H groups in total. The van der Waals surface area contributed by atoms with Crippen LogP contribution in [-0.4, -0.2) is 36.4 Å². The summed E-state index contributed by atoms with van der Waals surface area (Å²) in [5, 5.41) is 13.4. The minimum atomic E-state index is -0.494. The van der Waals surface area contributed by atoms with Gasteiger partial charge in [-0.2, -0.15) is 0 Å². The second-order valence-electron chi connectivity index (χ2n) is 4.86. The molecule has 1 rings (SSSR count). The van der Waals surface area contributed by atoms with Crippen LogP contribution in [0.25, 0.3) is 0 Å². The SMILES string of the molecule is CNC(=O)C(C)CN(C)Cc1ccc(N)c([N+](=O)[O-])c1. The van der Waals surface area contributed by atoms with Crippen molar-refractivity contribution in [1.82, 2.24) is 10.2 Å². The van der Waals surface area contributed by atoms with Crippen LogP contribution in [-0.2, 0) is 11.3 Å². The maximum atomic E-state index is 11.4. The number of hydrogen-bond acceptors (Lipinski definition) is 5. The van der Waals surface area contributed by atoms with E-state index >= 15 is 0 Å². The summed E-state index contributed by atoms with van der Waals surface area (Å²) in [7, 11) is 3.46. The topological polar surface area (TPSA) is 102 Å². The van der Waals surface area contributed by atoms with E-state index in [-0.39, 0.29) is 23.2 Å². The molecule has 0 saturated carbocycles. The fourth-order valence-electron chi connectivity index (χ4n) is 2.02. The highest BCUT2D eigenvalue weighted by Gasteiger charge is 2.16. The molecular formula is C13H20N4O3. The second-order valence-corrected chi connectivity index (χ2v) is 4.86. The molecule has 0 aliphatic carbocycles. The van der Waals surface area contributed by atoms with Gasteiger partial charge in [-0.25, -0.2) is 0 Å². The minimum Gasteiger partial charge on any atom is -0.393 e. The molecule has 0 heterocycles. The van der Waals surface area contributed by atoms with E-state index < -0.39 is 4.92 Å². The van der Waals surface area contributed by atoms with E-state index in [2.05, 4.69) is 5.32 Å². The van der Waals surface area contributed by atoms with Crippen LogP contribution in [0.4, 0.5) is 11.4 Å². The quantitative estimate of drug-likeness (QED) is 0.459. The van der Waals surface area contributed by atoms with Crippen molar-refractivity contribution in [2.45, 2.75) is 13.5 Å². The summed E-state index contributed by atoms with van der Waals surface area (Å²) in [4.78, 5) is 23.7. The third-order valence-corrected chi connectivity index (χ3v) is 3.02. The molecule has 0 spiro atoms. The number of anilines is 1. The Kier molecular flexibility index (Phi) is 5.45. The molecular weight excluding hydrogens is 260 g/mol. The molecule has 1 aromatic carbocycles. The van der Waals surface area contributed by atoms with Crippen molar-refractivity contribution in [1.29, 1.82) is 0 Å². The van der Waals surface area contributed by atoms with E-state index in [1.165, 1.54) is 12.1 Å². The molecule has 0 fully saturated rings. The van der Waals surface area contributed by atoms with Gasteiger partial charge >= 0.3 is 0 Å². The van der Waals surface area contributed by atoms with Gasteiger partial charge in [-0.15, -0.1) is 0 Å². The van der Waals surface area contributed by atoms with Crippen LogP contribution in [0.5, 0.6) is 0 Å². The molecule has 0 saturated heterocycles. The van der Waals surface area contributed by atoms with Crippen molar-refractivity contribution in [2.24, 2.45) is 5.92 Å². The van der Waals surface area contributed by atoms with Crippen molar-refractivity contribution in [2.75, 3.05) is 26.4 Å². The zero-order valence-electron chi connectivity index (χ0n) is 11.9. The summed E-state index contributed by atoms with van der Waals surface area (Å²) in [5.41, 5.74) is 6.41. The Morgan fingerprint density at radius 1 is 1.55 bits per heavy atom. The van der Waals surface area contributed by atoms with Gasteiger partial charge in [-0.05, 0) is 18.7 Å². The third kappa shape index (κ3) is 4.20. The number of nitrogens with zero attached hydrogens (tertiary/aromatic N) is 2. The summed E-state index contributed by atoms with van der Waals surface area (Å²) in [6.45, 7) is 2.92. The average molecular weight is 280 g/mol. The van der Waals surface area contributed by atoms with Gasteiger partial charge in [-0.3, -0.25) is 14.9 Å². The Morgan fingerprint density at radius 2 is 2.20 bits per heavy atom. The molecule has 7 nitrogen and oxygen atoms in total. The van der Waals surface area contributed by atoms with Crippen molar-refractivity contribution < 1.29 is 9.72 Å². The van der Waals surface area contributed by atoms with Crippen LogP contribution in [0.3, 0.4) is 0 Å². The second kappa shape index (κ2) is 6.85. The average Bonchev–Trinajstić information content (AvgIpc) is 2.39. The molecule has 0 aliphatic heterocycles. The number of nitrogens with two attached hydrogens (primary N) is 1. The Morgan fingerprint density at radius 3 is 2.75 bits per heavy atom. The maximum absolute atomic E-state index is 11.4. The van der Waals surface area contributed by atoms with E-state index in [0.717, 1.165) is 5.56 Å². The molecule has 110 valence electrons. The monoisotopic (exact) mass is 280 g/mol. The molecule has 0 aromatic heterocycles. The predicted octanol–water partition coefficient (Wildman–Crippen LogP) is 0.991. The van der Waals surface area contributed by atoms with E-state index in [0.29, 0.717) is 13.1 Å². The Balaban J connectivity index is 2.71. The summed E-state index contributed by atoms with van der Waals surface area (Å²) in [5.74, 6) is -0.172. The van der Waals surface area contributed by atoms with Crippen LogP contribution in [0, 0.1) is 16.0 Å². The number of nitro groups is 1. The number of nitrogen functional groups attached to an aromatic ring is 1. The first-order valence-corrected chi connectivity index (χ1v) is 6.28. The van der Waals surface area contributed by atoms with Gasteiger partial charge in [0.15, 0.2) is 0 Å². The van der Waals surface area contributed by atoms with Crippen LogP contribution < -0.4 is 11.1 Å². The summed E-state index contributed by atoms with van der Waals surface area (Å²) < 4.78 is 0. The Labute approximate surface area is 117 Å². The number of rotatable bonds is 6. The van der Waals surface area contributed by atoms with Crippen LogP contribution in [0.2, 0.25) is 0 Å². The Bertz CT molecular complexity index is 504. The fraction of sp³-hybridized carbons (Fsp3) is 0.462. The first kappa shape index (κ1) is 15.9. The van der Waals surface area contributed by atoms with Crippen LogP contribution >= 0.6 is 0 Å². The molecule has 20 heavy (non-hydrogen) atoms. The standard InChI is InChI=1S/C13H20N4O3/c1-9(13(18)15-2)7-16(3)8-10-4-5-11(14)12(6-10)17(19)20/h4-6,9H,7-8,14H2,1-3H3,(H,15,18). The zero-order valence-corrected chi connectivity index (χ0v) is 11.9. The number of carbonyl (C=O) groups is 1. The first-order valence-electron chi connectivity index (χ1n) is 6.28. The summed E-state index contributed by atoms with van der Waals surface area (Å²) in [6.07, 6.45) is 0. The number of hydrogen-bond donors (Lipinski definition) is 2. The highest BCUT2D eigenvalue weighted by Crippen LogP contribution is 2.23. The molecule has 0 bridgehead atoms. The molecule has 0 radical (unpaired) electrons. The van der Waals surface area contributed by atoms with Gasteiger partial charge in [0.1, 0.15) is 5.69 Å². The number of carbonyl (C=O) groups excluding carboxylic acids is 1. The number of nitrogens with one attached hydrogen (secondary N) is 1. The lowest BCUT2D eigenvalue weighted by Gasteiger charge is -2.20. The Hall–Kier alpha value is -2.15. The molecule has 1 unspecified atom stereocenters. The van der Waals surface area contributed by atoms with E-state index in [1.807, 2.05) is 18.9 Å². The number of amides is 1. The number of benzene rings is 1. The molecule has 1 aromatic rings. The van der Waals surface area contributed by atoms with E-state index in [9.17, 15) is 14.9 Å². The van der Waals surface area contributed by atoms with Crippen molar-refractivity contribution >= 4 is 17.3 Å². The maximum Gasteiger partial charge on any atom is 0.292 e. The molecule has 7 heteroatoms. The van der Waals surface area contributed by atoms with E-state index in [4.69, 9.17) is 5.73 Å². The van der Waals surface area contributed by atoms with Gasteiger partial charge < -0.3 is 16.0 Å². The third-order valence-electron chi connectivity index (χ3n) is 3.02. The highest BCUT2D eigenvalue weighted by molar-refractivity contribution is 5.78. The molecule has 1 amide bonds. The summed E-state index contributed by atoms with van der Waals surface area (Å²) >= 11 is 0. The predicted molar refractivity (Wildman–Crippen MR) is 77.1 cm³/mol. The van der Waals surface area contributed by atoms with E-state index in [1.54, 1.807) is 13.1 Å². The van der Waals surface area contributed by atoms with Crippen LogP contribution in [0.1, 0.15) is 12.5 Å². The number of nitro benzene ring substituents is 1. The normalized spacial score (nSPS) is 12.2. The lowest BCUT2D eigenvalue weighted by atomic mass is 10.1. The zero-order chi connectivity index (χ0) is 15.3. The van der Waals surface area contributed by atoms with Crippen LogP contribution in [0.15, 0.2) is 18.2 Å². The smallest absolute Gasteiger partial charge is 0.292 e. The van der Waals surface area contributed by atoms with Gasteiger partial charge in [0, 0.05) is 32.1 Å². The largest absolute Gasteiger partial charge is 0.393 e. The van der Waals surface area contributed by atoms with Crippen molar-refractivity contribution in [3.63, 3.8) is 0 Å². The summed E-state index contributed by atoms with van der Waals surface area (Å²) in [6, 6.07) is 4.75. The molecule has 1 atom stereocenters.